The van der Waals surface area contributed by atoms with Crippen LogP contribution in [-0.4, -0.2) is 17.1 Å². The van der Waals surface area contributed by atoms with E-state index in [4.69, 9.17) is 32.5 Å². The lowest BCUT2D eigenvalue weighted by atomic mass is 10.0. The number of nitrogens with zero attached hydrogens (tertiary/aromatic N) is 2. The van der Waals surface area contributed by atoms with Gasteiger partial charge in [0.2, 0.25) is 5.95 Å². The lowest BCUT2D eigenvalue weighted by Crippen LogP contribution is -2.03. The zero-order valence-electron chi connectivity index (χ0n) is 14.1. The summed E-state index contributed by atoms with van der Waals surface area (Å²) in [7, 11) is 1.57. The quantitative estimate of drug-likeness (QED) is 0.865. The average Bonchev–Trinajstić information content (AvgIpc) is 2.52. The predicted molar refractivity (Wildman–Crippen MR) is 94.4 cm³/mol. The standard InChI is InChI=1S/C14H17ClN4O2.C2H6/c1-7(2)8-4-11(20-3)9(15)5-10(8)21-12-6-18-14(17)19-13(12)16;1-2/h4-7H,1-3H3,(H4,16,17,18,19);1-2H3. The van der Waals surface area contributed by atoms with Crippen LogP contribution in [0, 0.1) is 0 Å². The number of anilines is 2. The summed E-state index contributed by atoms with van der Waals surface area (Å²) in [4.78, 5) is 7.73. The maximum absolute atomic E-state index is 6.15. The van der Waals surface area contributed by atoms with Crippen molar-refractivity contribution in [2.45, 2.75) is 33.6 Å². The van der Waals surface area contributed by atoms with Crippen molar-refractivity contribution in [1.29, 1.82) is 0 Å². The van der Waals surface area contributed by atoms with E-state index in [2.05, 4.69) is 9.97 Å². The van der Waals surface area contributed by atoms with Gasteiger partial charge in [0.1, 0.15) is 11.5 Å². The maximum atomic E-state index is 6.15. The van der Waals surface area contributed by atoms with Crippen LogP contribution in [0.15, 0.2) is 18.3 Å². The van der Waals surface area contributed by atoms with Crippen molar-refractivity contribution in [3.05, 3.63) is 28.9 Å². The van der Waals surface area contributed by atoms with Crippen LogP contribution >= 0.6 is 11.6 Å². The molecule has 0 saturated heterocycles. The first-order chi connectivity index (χ1) is 10.9. The topological polar surface area (TPSA) is 96.3 Å². The molecular weight excluding hydrogens is 316 g/mol. The molecule has 0 atom stereocenters. The van der Waals surface area contributed by atoms with Gasteiger partial charge in [0, 0.05) is 11.6 Å². The van der Waals surface area contributed by atoms with Gasteiger partial charge in [-0.15, -0.1) is 0 Å². The summed E-state index contributed by atoms with van der Waals surface area (Å²) in [5, 5.41) is 0.451. The van der Waals surface area contributed by atoms with E-state index in [1.165, 1.54) is 6.20 Å². The third-order valence-electron chi connectivity index (χ3n) is 2.93. The van der Waals surface area contributed by atoms with Crippen molar-refractivity contribution in [2.75, 3.05) is 18.6 Å². The highest BCUT2D eigenvalue weighted by Gasteiger charge is 2.15. The van der Waals surface area contributed by atoms with E-state index >= 15 is 0 Å². The van der Waals surface area contributed by atoms with Crippen molar-refractivity contribution in [2.24, 2.45) is 0 Å². The fourth-order valence-electron chi connectivity index (χ4n) is 1.84. The Morgan fingerprint density at radius 2 is 1.74 bits per heavy atom. The molecule has 1 aromatic carbocycles. The molecule has 23 heavy (non-hydrogen) atoms. The zero-order valence-corrected chi connectivity index (χ0v) is 14.8. The minimum atomic E-state index is 0.0942. The van der Waals surface area contributed by atoms with Crippen LogP contribution in [0.25, 0.3) is 0 Å². The molecule has 7 heteroatoms. The number of nitrogen functional groups attached to an aromatic ring is 2. The van der Waals surface area contributed by atoms with Crippen LogP contribution in [0.1, 0.15) is 39.2 Å². The first kappa shape index (κ1) is 18.8. The number of methoxy groups -OCH3 is 1. The Labute approximate surface area is 141 Å². The van der Waals surface area contributed by atoms with Crippen molar-refractivity contribution in [3.8, 4) is 17.2 Å². The predicted octanol–water partition coefficient (Wildman–Crippen LogP) is 4.24. The normalized spacial score (nSPS) is 10.0. The summed E-state index contributed by atoms with van der Waals surface area (Å²) >= 11 is 6.15. The maximum Gasteiger partial charge on any atom is 0.222 e. The second-order valence-corrected chi connectivity index (χ2v) is 5.17. The molecule has 126 valence electrons. The van der Waals surface area contributed by atoms with Crippen LogP contribution in [-0.2, 0) is 0 Å². The van der Waals surface area contributed by atoms with Gasteiger partial charge in [0.15, 0.2) is 11.6 Å². The van der Waals surface area contributed by atoms with Crippen molar-refractivity contribution in [1.82, 2.24) is 9.97 Å². The molecule has 0 aliphatic carbocycles. The Kier molecular flexibility index (Phi) is 6.90. The molecule has 0 unspecified atom stereocenters. The number of rotatable bonds is 4. The summed E-state index contributed by atoms with van der Waals surface area (Å²) in [6.45, 7) is 8.08. The second kappa shape index (κ2) is 8.43. The molecule has 2 rings (SSSR count). The molecule has 0 amide bonds. The van der Waals surface area contributed by atoms with Crippen LogP contribution < -0.4 is 20.9 Å². The van der Waals surface area contributed by atoms with E-state index in [1.54, 1.807) is 13.2 Å². The number of hydrogen-bond donors (Lipinski definition) is 2. The van der Waals surface area contributed by atoms with Gasteiger partial charge in [-0.2, -0.15) is 4.98 Å². The van der Waals surface area contributed by atoms with E-state index in [9.17, 15) is 0 Å². The van der Waals surface area contributed by atoms with Gasteiger partial charge in [0.25, 0.3) is 0 Å². The first-order valence-electron chi connectivity index (χ1n) is 7.35. The molecule has 0 aliphatic heterocycles. The molecule has 6 nitrogen and oxygen atoms in total. The van der Waals surface area contributed by atoms with E-state index in [-0.39, 0.29) is 17.7 Å². The molecule has 2 aromatic rings. The van der Waals surface area contributed by atoms with E-state index in [0.717, 1.165) is 5.56 Å². The highest BCUT2D eigenvalue weighted by molar-refractivity contribution is 6.32. The van der Waals surface area contributed by atoms with Gasteiger partial charge >= 0.3 is 0 Å². The Morgan fingerprint density at radius 1 is 1.09 bits per heavy atom. The fraction of sp³-hybridized carbons (Fsp3) is 0.375. The highest BCUT2D eigenvalue weighted by atomic mass is 35.5. The van der Waals surface area contributed by atoms with Crippen molar-refractivity contribution in [3.63, 3.8) is 0 Å². The minimum absolute atomic E-state index is 0.0942. The van der Waals surface area contributed by atoms with Gasteiger partial charge < -0.3 is 20.9 Å². The lowest BCUT2D eigenvalue weighted by molar-refractivity contribution is 0.411. The number of aromatic nitrogens is 2. The Balaban J connectivity index is 0.00000127. The molecule has 0 fully saturated rings. The molecule has 0 aliphatic rings. The number of hydrogen-bond acceptors (Lipinski definition) is 6. The van der Waals surface area contributed by atoms with Gasteiger partial charge in [-0.3, -0.25) is 0 Å². The van der Waals surface area contributed by atoms with Gasteiger partial charge in [-0.1, -0.05) is 39.3 Å². The first-order valence-corrected chi connectivity index (χ1v) is 7.73. The molecule has 0 spiro atoms. The van der Waals surface area contributed by atoms with Crippen LogP contribution in [0.5, 0.6) is 17.2 Å². The summed E-state index contributed by atoms with van der Waals surface area (Å²) in [6, 6.07) is 3.53. The SMILES string of the molecule is CC.COc1cc(C(C)C)c(Oc2cnc(N)nc2N)cc1Cl. The summed E-state index contributed by atoms with van der Waals surface area (Å²) < 4.78 is 11.0. The molecule has 0 radical (unpaired) electrons. The van der Waals surface area contributed by atoms with Crippen LogP contribution in [0.2, 0.25) is 5.02 Å². The lowest BCUT2D eigenvalue weighted by Gasteiger charge is -2.16. The van der Waals surface area contributed by atoms with Crippen molar-refractivity contribution < 1.29 is 9.47 Å². The molecule has 1 heterocycles. The van der Waals surface area contributed by atoms with Gasteiger partial charge in [-0.05, 0) is 12.0 Å². The largest absolute Gasteiger partial charge is 0.495 e. The second-order valence-electron chi connectivity index (χ2n) is 4.76. The third-order valence-corrected chi connectivity index (χ3v) is 3.22. The van der Waals surface area contributed by atoms with Crippen molar-refractivity contribution >= 4 is 23.4 Å². The highest BCUT2D eigenvalue weighted by Crippen LogP contribution is 2.39. The smallest absolute Gasteiger partial charge is 0.222 e. The summed E-state index contributed by atoms with van der Waals surface area (Å²) in [5.74, 6) is 1.97. The van der Waals surface area contributed by atoms with Crippen LogP contribution in [0.3, 0.4) is 0 Å². The summed E-state index contributed by atoms with van der Waals surface area (Å²) in [6.07, 6.45) is 1.43. The Hall–Kier alpha value is -2.21. The number of halogens is 1. The number of ether oxygens (including phenoxy) is 2. The van der Waals surface area contributed by atoms with E-state index in [1.807, 2.05) is 33.8 Å². The van der Waals surface area contributed by atoms with E-state index < -0.39 is 0 Å². The Morgan fingerprint density at radius 3 is 2.26 bits per heavy atom. The van der Waals surface area contributed by atoms with Gasteiger partial charge in [-0.25, -0.2) is 4.98 Å². The Bertz CT molecular complexity index is 663. The fourth-order valence-corrected chi connectivity index (χ4v) is 2.07. The summed E-state index contributed by atoms with van der Waals surface area (Å²) in [5.41, 5.74) is 12.2. The molecule has 1 aromatic heterocycles. The number of nitrogens with two attached hydrogens (primary N) is 2. The molecule has 4 N–H and O–H groups in total. The van der Waals surface area contributed by atoms with Gasteiger partial charge in [0.05, 0.1) is 18.3 Å². The molecular formula is C16H23ClN4O2. The third kappa shape index (κ3) is 4.63. The number of benzene rings is 1. The molecule has 0 bridgehead atoms. The minimum Gasteiger partial charge on any atom is -0.495 e. The monoisotopic (exact) mass is 338 g/mol. The van der Waals surface area contributed by atoms with Crippen LogP contribution in [0.4, 0.5) is 11.8 Å². The zero-order chi connectivity index (χ0) is 17.6. The average molecular weight is 339 g/mol. The van der Waals surface area contributed by atoms with E-state index in [0.29, 0.717) is 22.3 Å². The molecule has 0 saturated carbocycles.